The maximum atomic E-state index is 6.48. The Hall–Kier alpha value is -3.10. The highest BCUT2D eigenvalue weighted by atomic mass is 35.5. The Bertz CT molecular complexity index is 1040. The highest BCUT2D eigenvalue weighted by Gasteiger charge is 2.21. The number of aryl methyl sites for hydroxylation is 1. The quantitative estimate of drug-likeness (QED) is 0.577. The molecule has 0 amide bonds. The molecule has 1 saturated heterocycles. The topological polar surface area (TPSA) is 99.0 Å². The summed E-state index contributed by atoms with van der Waals surface area (Å²) in [5, 5.41) is 11.1. The summed E-state index contributed by atoms with van der Waals surface area (Å²) >= 11 is 5.97. The van der Waals surface area contributed by atoms with Gasteiger partial charge < -0.3 is 20.9 Å². The Morgan fingerprint density at radius 1 is 1.10 bits per heavy atom. The van der Waals surface area contributed by atoms with Crippen molar-refractivity contribution in [2.45, 2.75) is 6.92 Å². The summed E-state index contributed by atoms with van der Waals surface area (Å²) in [5.41, 5.74) is 8.96. The minimum atomic E-state index is 0.517. The number of nitrogens with one attached hydrogen (secondary N) is 2. The third kappa shape index (κ3) is 4.72. The molecule has 0 radical (unpaired) electrons. The van der Waals surface area contributed by atoms with Crippen molar-refractivity contribution in [3.05, 3.63) is 52.4 Å². The Kier molecular flexibility index (Phi) is 5.87. The van der Waals surface area contributed by atoms with Crippen LogP contribution >= 0.6 is 11.6 Å². The van der Waals surface area contributed by atoms with E-state index in [1.165, 1.54) is 0 Å². The van der Waals surface area contributed by atoms with Crippen LogP contribution in [0.2, 0.25) is 5.02 Å². The highest BCUT2D eigenvalue weighted by Crippen LogP contribution is 2.30. The monoisotopic (exact) mass is 424 g/mol. The summed E-state index contributed by atoms with van der Waals surface area (Å²) < 4.78 is 0. The van der Waals surface area contributed by atoms with E-state index in [4.69, 9.17) is 22.3 Å². The van der Waals surface area contributed by atoms with E-state index >= 15 is 0 Å². The summed E-state index contributed by atoms with van der Waals surface area (Å²) in [5.74, 6) is 2.52. The molecular weight excluding hydrogens is 400 g/mol. The van der Waals surface area contributed by atoms with Crippen LogP contribution in [0.5, 0.6) is 0 Å². The minimum absolute atomic E-state index is 0.517. The van der Waals surface area contributed by atoms with E-state index < -0.39 is 0 Å². The Balaban J connectivity index is 1.68. The van der Waals surface area contributed by atoms with Crippen molar-refractivity contribution >= 4 is 46.9 Å². The van der Waals surface area contributed by atoms with Gasteiger partial charge in [-0.3, -0.25) is 5.10 Å². The molecule has 8 nitrogen and oxygen atoms in total. The molecule has 1 aromatic carbocycles. The third-order valence-electron chi connectivity index (χ3n) is 4.99. The average molecular weight is 425 g/mol. The van der Waals surface area contributed by atoms with E-state index in [9.17, 15) is 0 Å². The molecule has 0 unspecified atom stereocenters. The first-order valence-electron chi connectivity index (χ1n) is 9.81. The summed E-state index contributed by atoms with van der Waals surface area (Å²) in [7, 11) is 2.12. The SMILES string of the molecule is Cc1cc(Nc2nc(C=Cc3ccc(Cl)cc3)nc(N3CCN(C)CC3)c2N)n[nH]1. The molecular formula is C21H25ClN8. The third-order valence-corrected chi connectivity index (χ3v) is 5.24. The highest BCUT2D eigenvalue weighted by molar-refractivity contribution is 6.30. The number of nitrogen functional groups attached to an aromatic ring is 1. The Morgan fingerprint density at radius 3 is 2.50 bits per heavy atom. The van der Waals surface area contributed by atoms with Gasteiger partial charge in [-0.05, 0) is 37.7 Å². The van der Waals surface area contributed by atoms with Gasteiger partial charge in [0.1, 0.15) is 5.69 Å². The second-order valence-corrected chi connectivity index (χ2v) is 7.84. The maximum Gasteiger partial charge on any atom is 0.161 e. The van der Waals surface area contributed by atoms with Crippen LogP contribution in [0.3, 0.4) is 0 Å². The molecule has 30 heavy (non-hydrogen) atoms. The molecule has 4 N–H and O–H groups in total. The first-order chi connectivity index (χ1) is 14.5. The van der Waals surface area contributed by atoms with E-state index in [1.54, 1.807) is 0 Å². The van der Waals surface area contributed by atoms with E-state index in [-0.39, 0.29) is 0 Å². The fourth-order valence-corrected chi connectivity index (χ4v) is 3.38. The van der Waals surface area contributed by atoms with E-state index in [1.807, 2.05) is 49.4 Å². The fraction of sp³-hybridized carbons (Fsp3) is 0.286. The standard InChI is InChI=1S/C21H25ClN8/c1-14-13-18(28-27-14)25-20-19(23)21(30-11-9-29(2)10-12-30)26-17(24-20)8-5-15-3-6-16(22)7-4-15/h3-8,13H,9-12,23H2,1-2H3,(H2,24,25,26,27,28). The van der Waals surface area contributed by atoms with Gasteiger partial charge in [-0.15, -0.1) is 0 Å². The molecule has 0 atom stereocenters. The van der Waals surface area contributed by atoms with Crippen molar-refractivity contribution in [1.29, 1.82) is 0 Å². The average Bonchev–Trinajstić information content (AvgIpc) is 3.15. The fourth-order valence-electron chi connectivity index (χ4n) is 3.25. The first-order valence-corrected chi connectivity index (χ1v) is 10.2. The molecule has 0 saturated carbocycles. The summed E-state index contributed by atoms with van der Waals surface area (Å²) in [6.07, 6.45) is 3.83. The van der Waals surface area contributed by atoms with Crippen molar-refractivity contribution in [2.75, 3.05) is 49.2 Å². The molecule has 0 spiro atoms. The zero-order chi connectivity index (χ0) is 21.1. The lowest BCUT2D eigenvalue weighted by molar-refractivity contribution is 0.312. The number of aromatic amines is 1. The van der Waals surface area contributed by atoms with Crippen LogP contribution in [0.4, 0.5) is 23.1 Å². The van der Waals surface area contributed by atoms with E-state index in [0.717, 1.165) is 43.3 Å². The first kappa shape index (κ1) is 20.2. The van der Waals surface area contributed by atoms with Gasteiger partial charge in [-0.2, -0.15) is 5.10 Å². The van der Waals surface area contributed by atoms with Gasteiger partial charge in [0.05, 0.1) is 0 Å². The maximum absolute atomic E-state index is 6.48. The number of H-pyrrole nitrogens is 1. The lowest BCUT2D eigenvalue weighted by atomic mass is 10.2. The molecule has 156 valence electrons. The van der Waals surface area contributed by atoms with E-state index in [0.29, 0.717) is 28.2 Å². The number of rotatable bonds is 5. The van der Waals surface area contributed by atoms with Crippen molar-refractivity contribution in [3.8, 4) is 0 Å². The number of hydrogen-bond acceptors (Lipinski definition) is 7. The van der Waals surface area contributed by atoms with Gasteiger partial charge in [0, 0.05) is 43.0 Å². The molecule has 0 bridgehead atoms. The summed E-state index contributed by atoms with van der Waals surface area (Å²) in [6.45, 7) is 5.58. The van der Waals surface area contributed by atoms with Crippen LogP contribution in [-0.4, -0.2) is 58.3 Å². The van der Waals surface area contributed by atoms with Gasteiger partial charge in [-0.25, -0.2) is 9.97 Å². The molecule has 1 fully saturated rings. The zero-order valence-electron chi connectivity index (χ0n) is 17.1. The molecule has 0 aliphatic carbocycles. The Labute approximate surface area is 180 Å². The molecule has 1 aliphatic heterocycles. The number of halogens is 1. The van der Waals surface area contributed by atoms with Crippen LogP contribution in [-0.2, 0) is 0 Å². The van der Waals surface area contributed by atoms with Crippen molar-refractivity contribution in [2.24, 2.45) is 0 Å². The van der Waals surface area contributed by atoms with Gasteiger partial charge >= 0.3 is 0 Å². The lowest BCUT2D eigenvalue weighted by Crippen LogP contribution is -2.45. The summed E-state index contributed by atoms with van der Waals surface area (Å²) in [6, 6.07) is 9.51. The minimum Gasteiger partial charge on any atom is -0.393 e. The van der Waals surface area contributed by atoms with Gasteiger partial charge in [0.25, 0.3) is 0 Å². The number of nitrogens with two attached hydrogens (primary N) is 1. The number of piperazine rings is 1. The second kappa shape index (κ2) is 8.73. The van der Waals surface area contributed by atoms with Crippen LogP contribution in [0.1, 0.15) is 17.1 Å². The van der Waals surface area contributed by atoms with Gasteiger partial charge in [0.2, 0.25) is 0 Å². The molecule has 3 aromatic rings. The molecule has 9 heteroatoms. The van der Waals surface area contributed by atoms with Crippen molar-refractivity contribution < 1.29 is 0 Å². The largest absolute Gasteiger partial charge is 0.393 e. The van der Waals surface area contributed by atoms with Crippen molar-refractivity contribution in [1.82, 2.24) is 25.1 Å². The molecule has 1 aliphatic rings. The molecule has 4 rings (SSSR count). The number of aromatic nitrogens is 4. The number of nitrogens with zero attached hydrogens (tertiary/aromatic N) is 5. The molecule has 3 heterocycles. The number of likely N-dealkylation sites (N-methyl/N-ethyl adjacent to an activating group) is 1. The second-order valence-electron chi connectivity index (χ2n) is 7.40. The van der Waals surface area contributed by atoms with Gasteiger partial charge in [0.15, 0.2) is 23.3 Å². The predicted octanol–water partition coefficient (Wildman–Crippen LogP) is 3.41. The summed E-state index contributed by atoms with van der Waals surface area (Å²) in [4.78, 5) is 13.9. The number of anilines is 4. The van der Waals surface area contributed by atoms with Crippen LogP contribution in [0.15, 0.2) is 30.3 Å². The normalized spacial score (nSPS) is 15.1. The number of hydrogen-bond donors (Lipinski definition) is 3. The van der Waals surface area contributed by atoms with Crippen LogP contribution < -0.4 is 16.0 Å². The Morgan fingerprint density at radius 2 is 1.83 bits per heavy atom. The lowest BCUT2D eigenvalue weighted by Gasteiger charge is -2.34. The van der Waals surface area contributed by atoms with E-state index in [2.05, 4.69) is 37.3 Å². The zero-order valence-corrected chi connectivity index (χ0v) is 17.8. The molecule has 2 aromatic heterocycles. The number of benzene rings is 1. The van der Waals surface area contributed by atoms with Gasteiger partial charge in [-0.1, -0.05) is 29.8 Å². The predicted molar refractivity (Wildman–Crippen MR) is 123 cm³/mol. The van der Waals surface area contributed by atoms with Crippen LogP contribution in [0.25, 0.3) is 12.2 Å². The smallest absolute Gasteiger partial charge is 0.161 e. The van der Waals surface area contributed by atoms with Crippen LogP contribution in [0, 0.1) is 6.92 Å². The van der Waals surface area contributed by atoms with Crippen molar-refractivity contribution in [3.63, 3.8) is 0 Å².